The summed E-state index contributed by atoms with van der Waals surface area (Å²) in [7, 11) is 0. The van der Waals surface area contributed by atoms with Crippen molar-refractivity contribution in [2.24, 2.45) is 0 Å². The quantitative estimate of drug-likeness (QED) is 0.210. The first-order chi connectivity index (χ1) is 16.4. The van der Waals surface area contributed by atoms with Gasteiger partial charge in [0.15, 0.2) is 6.04 Å². The van der Waals surface area contributed by atoms with Gasteiger partial charge >= 0.3 is 6.09 Å². The van der Waals surface area contributed by atoms with Crippen molar-refractivity contribution in [3.63, 3.8) is 0 Å². The average molecular weight is 521 g/mol. The van der Waals surface area contributed by atoms with Crippen LogP contribution in [0.1, 0.15) is 43.2 Å². The van der Waals surface area contributed by atoms with E-state index in [2.05, 4.69) is 50.2 Å². The fourth-order valence-corrected chi connectivity index (χ4v) is 5.23. The number of hydrogen-bond donors (Lipinski definition) is 2. The third-order valence-electron chi connectivity index (χ3n) is 6.73. The number of rotatable bonds is 5. The minimum atomic E-state index is -1.56. The van der Waals surface area contributed by atoms with E-state index in [-0.39, 0.29) is 6.04 Å². The minimum absolute atomic E-state index is 0.390. The molecule has 7 nitrogen and oxygen atoms in total. The molecule has 0 bridgehead atoms. The first-order valence-electron chi connectivity index (χ1n) is 11.3. The molecule has 2 N–H and O–H groups in total. The van der Waals surface area contributed by atoms with Crippen molar-refractivity contribution < 1.29 is 19.9 Å². The second-order valence-corrected chi connectivity index (χ2v) is 9.63. The number of halogens is 1. The molecule has 1 aliphatic heterocycles. The van der Waals surface area contributed by atoms with Crippen molar-refractivity contribution in [1.29, 1.82) is 0 Å². The fraction of sp³-hybridized carbons (Fsp3) is 0.231. The van der Waals surface area contributed by atoms with Gasteiger partial charge in [-0.05, 0) is 48.7 Å². The molecule has 0 radical (unpaired) electrons. The van der Waals surface area contributed by atoms with Crippen LogP contribution in [0.4, 0.5) is 4.79 Å². The first-order valence-corrected chi connectivity index (χ1v) is 12.1. The van der Waals surface area contributed by atoms with Crippen LogP contribution in [-0.4, -0.2) is 37.6 Å². The van der Waals surface area contributed by atoms with Crippen molar-refractivity contribution in [3.05, 3.63) is 88.8 Å². The summed E-state index contributed by atoms with van der Waals surface area (Å²) in [4.78, 5) is 20.3. The number of aromatic nitrogens is 2. The Morgan fingerprint density at radius 3 is 2.68 bits per heavy atom. The molecule has 0 spiro atoms. The number of carbonyl (C=O) groups is 1. The Balaban J connectivity index is 1.47. The predicted octanol–water partition coefficient (Wildman–Crippen LogP) is 5.35. The Labute approximate surface area is 205 Å². The van der Waals surface area contributed by atoms with E-state index in [9.17, 15) is 15.1 Å². The number of aromatic amines is 1. The Bertz CT molecular complexity index is 1340. The van der Waals surface area contributed by atoms with Gasteiger partial charge in [0.05, 0.1) is 18.4 Å². The molecule has 34 heavy (non-hydrogen) atoms. The summed E-state index contributed by atoms with van der Waals surface area (Å²) in [6.45, 7) is 2.11. The lowest BCUT2D eigenvalue weighted by Gasteiger charge is -2.42. The number of nitrogens with zero attached hydrogens (tertiary/aromatic N) is 3. The van der Waals surface area contributed by atoms with Crippen LogP contribution in [0.2, 0.25) is 0 Å². The van der Waals surface area contributed by atoms with Crippen LogP contribution in [0.3, 0.4) is 0 Å². The second kappa shape index (κ2) is 8.96. The Hall–Kier alpha value is -3.04. The lowest BCUT2D eigenvalue weighted by molar-refractivity contribution is -1.16. The minimum Gasteiger partial charge on any atom is -0.494 e. The molecule has 1 aromatic heterocycles. The van der Waals surface area contributed by atoms with E-state index in [0.29, 0.717) is 24.4 Å². The monoisotopic (exact) mass is 520 g/mol. The lowest BCUT2D eigenvalue weighted by atomic mass is 10.1. The molecule has 8 heteroatoms. The van der Waals surface area contributed by atoms with Crippen LogP contribution in [0, 0.1) is 0 Å². The third kappa shape index (κ3) is 3.92. The predicted molar refractivity (Wildman–Crippen MR) is 130 cm³/mol. The van der Waals surface area contributed by atoms with E-state index in [0.717, 1.165) is 32.9 Å². The maximum atomic E-state index is 12.3. The van der Waals surface area contributed by atoms with Gasteiger partial charge in [-0.2, -0.15) is 5.21 Å². The van der Waals surface area contributed by atoms with E-state index >= 15 is 0 Å². The molecule has 0 saturated carbocycles. The number of hydrogen-bond acceptors (Lipinski definition) is 5. The standard InChI is InChI=1S/C26H25BrN4O3/c1-17(18-6-3-2-4-7-18)31(34,26(32)33)30-13-5-8-24(30)25-28-16-23(29-25)21-10-9-20-15-22(27)12-11-19(20)14-21/h2-4,6-7,9-12,14-17,24,34H,5,8,13H2,1H3,(H-,28,29,32,33). The molecule has 3 atom stereocenters. The van der Waals surface area contributed by atoms with Crippen molar-refractivity contribution >= 4 is 32.8 Å². The molecule has 1 saturated heterocycles. The van der Waals surface area contributed by atoms with E-state index < -0.39 is 16.9 Å². The molecular formula is C26H25BrN4O3. The highest BCUT2D eigenvalue weighted by molar-refractivity contribution is 9.10. The van der Waals surface area contributed by atoms with Crippen molar-refractivity contribution in [3.8, 4) is 11.3 Å². The lowest BCUT2D eigenvalue weighted by Crippen LogP contribution is -2.66. The molecule has 3 aromatic carbocycles. The van der Waals surface area contributed by atoms with Gasteiger partial charge in [-0.3, -0.25) is 0 Å². The maximum Gasteiger partial charge on any atom is 0.313 e. The van der Waals surface area contributed by atoms with Gasteiger partial charge in [0.2, 0.25) is 0 Å². The topological polar surface area (TPSA) is 92.3 Å². The number of amides is 1. The number of nitrogens with one attached hydrogen (secondary N) is 1. The van der Waals surface area contributed by atoms with Gasteiger partial charge in [-0.1, -0.05) is 69.2 Å². The van der Waals surface area contributed by atoms with E-state index in [1.165, 1.54) is 0 Å². The highest BCUT2D eigenvalue weighted by atomic mass is 79.9. The molecule has 1 amide bonds. The van der Waals surface area contributed by atoms with Gasteiger partial charge < -0.3 is 14.9 Å². The van der Waals surface area contributed by atoms with Crippen LogP contribution in [0.5, 0.6) is 0 Å². The summed E-state index contributed by atoms with van der Waals surface area (Å²) >= 11 is 3.50. The van der Waals surface area contributed by atoms with Crippen LogP contribution in [0.25, 0.3) is 22.0 Å². The molecule has 174 valence electrons. The highest BCUT2D eigenvalue weighted by Crippen LogP contribution is 2.40. The molecule has 1 fully saturated rings. The van der Waals surface area contributed by atoms with Crippen LogP contribution in [0.15, 0.2) is 77.4 Å². The van der Waals surface area contributed by atoms with Gasteiger partial charge in [-0.25, -0.2) is 4.98 Å². The van der Waals surface area contributed by atoms with Crippen LogP contribution in [-0.2, 0) is 0 Å². The molecular weight excluding hydrogens is 496 g/mol. The van der Waals surface area contributed by atoms with Crippen LogP contribution >= 0.6 is 15.9 Å². The second-order valence-electron chi connectivity index (χ2n) is 8.71. The number of carbonyl (C=O) groups excluding carboxylic acids is 1. The number of imidazole rings is 1. The SMILES string of the molecule is CC(c1ccccc1)[N+](O)(C(=O)[O-])N1CCCC1c1ncc(-c2ccc3cc(Br)ccc3c2)[nH]1. The van der Waals surface area contributed by atoms with Crippen molar-refractivity contribution in [2.75, 3.05) is 6.54 Å². The molecule has 4 aromatic rings. The smallest absolute Gasteiger partial charge is 0.313 e. The summed E-state index contributed by atoms with van der Waals surface area (Å²) in [5.74, 6) is 0.626. The zero-order valence-corrected chi connectivity index (χ0v) is 20.3. The normalized spacial score (nSPS) is 19.2. The number of quaternary nitrogens is 1. The van der Waals surface area contributed by atoms with Gasteiger partial charge in [0.25, 0.3) is 0 Å². The molecule has 2 heterocycles. The van der Waals surface area contributed by atoms with Gasteiger partial charge in [-0.15, -0.1) is 5.01 Å². The summed E-state index contributed by atoms with van der Waals surface area (Å²) in [5, 5.41) is 27.6. The molecule has 1 aliphatic rings. The van der Waals surface area contributed by atoms with E-state index in [1.807, 2.05) is 42.5 Å². The van der Waals surface area contributed by atoms with Crippen molar-refractivity contribution in [1.82, 2.24) is 15.0 Å². The molecule has 3 unspecified atom stereocenters. The zero-order valence-electron chi connectivity index (χ0n) is 18.7. The third-order valence-corrected chi connectivity index (χ3v) is 7.22. The number of benzene rings is 3. The summed E-state index contributed by atoms with van der Waals surface area (Å²) in [6.07, 6.45) is 1.61. The summed E-state index contributed by atoms with van der Waals surface area (Å²) in [5.41, 5.74) is 2.54. The summed E-state index contributed by atoms with van der Waals surface area (Å²) in [6, 6.07) is 20.3. The Morgan fingerprint density at radius 1 is 1.18 bits per heavy atom. The van der Waals surface area contributed by atoms with Gasteiger partial charge in [0, 0.05) is 15.6 Å². The fourth-order valence-electron chi connectivity index (χ4n) is 4.86. The number of carboxylic acid groups (broad SMARTS) is 1. The van der Waals surface area contributed by atoms with E-state index in [4.69, 9.17) is 0 Å². The first kappa shape index (κ1) is 22.7. The van der Waals surface area contributed by atoms with E-state index in [1.54, 1.807) is 18.1 Å². The largest absolute Gasteiger partial charge is 0.494 e. The molecule has 5 rings (SSSR count). The van der Waals surface area contributed by atoms with Crippen molar-refractivity contribution in [2.45, 2.75) is 31.8 Å². The summed E-state index contributed by atoms with van der Waals surface area (Å²) < 4.78 is -0.295. The van der Waals surface area contributed by atoms with Crippen LogP contribution < -0.4 is 5.11 Å². The Morgan fingerprint density at radius 2 is 1.91 bits per heavy atom. The highest BCUT2D eigenvalue weighted by Gasteiger charge is 2.50. The number of hydroxylamine groups is 2. The average Bonchev–Trinajstić information content (AvgIpc) is 3.53. The maximum absolute atomic E-state index is 12.3. The van der Waals surface area contributed by atoms with Gasteiger partial charge in [0.1, 0.15) is 11.9 Å². The number of fused-ring (bicyclic) bond motifs is 1. The Kier molecular flexibility index (Phi) is 5.99. The zero-order chi connectivity index (χ0) is 23.9. The number of H-pyrrole nitrogens is 1. The molecule has 0 aliphatic carbocycles.